The molecule has 0 bridgehead atoms. The van der Waals surface area contributed by atoms with Crippen LogP contribution in [0.1, 0.15) is 27.4 Å². The van der Waals surface area contributed by atoms with Gasteiger partial charge in [-0.05, 0) is 19.9 Å². The zero-order chi connectivity index (χ0) is 25.4. The number of aryl methyl sites for hydroxylation is 1. The molecule has 0 aliphatic carbocycles. The van der Waals surface area contributed by atoms with Crippen molar-refractivity contribution in [2.75, 3.05) is 5.32 Å². The Bertz CT molecular complexity index is 1460. The second kappa shape index (κ2) is 9.00. The van der Waals surface area contributed by atoms with E-state index in [4.69, 9.17) is 0 Å². The third-order valence-electron chi connectivity index (χ3n) is 5.10. The van der Waals surface area contributed by atoms with E-state index < -0.39 is 46.2 Å². The molecule has 15 heteroatoms. The fraction of sp³-hybridized carbons (Fsp3) is 0.200. The van der Waals surface area contributed by atoms with Gasteiger partial charge in [0, 0.05) is 24.0 Å². The maximum absolute atomic E-state index is 13.9. The Kier molecular flexibility index (Phi) is 6.07. The van der Waals surface area contributed by atoms with Crippen molar-refractivity contribution in [1.82, 2.24) is 29.3 Å². The minimum Gasteiger partial charge on any atom is -0.318 e. The van der Waals surface area contributed by atoms with Crippen molar-refractivity contribution in [1.29, 1.82) is 0 Å². The van der Waals surface area contributed by atoms with Gasteiger partial charge in [0.1, 0.15) is 23.9 Å². The number of halogens is 4. The van der Waals surface area contributed by atoms with Gasteiger partial charge in [-0.15, -0.1) is 0 Å². The van der Waals surface area contributed by atoms with Gasteiger partial charge >= 0.3 is 5.69 Å². The van der Waals surface area contributed by atoms with Gasteiger partial charge in [0.05, 0.1) is 23.4 Å². The second-order valence-electron chi connectivity index (χ2n) is 7.49. The lowest BCUT2D eigenvalue weighted by atomic mass is 10.2. The van der Waals surface area contributed by atoms with Gasteiger partial charge < -0.3 is 5.32 Å². The quantitative estimate of drug-likeness (QED) is 0.139. The van der Waals surface area contributed by atoms with Crippen LogP contribution in [0.15, 0.2) is 30.7 Å². The van der Waals surface area contributed by atoms with Gasteiger partial charge in [-0.25, -0.2) is 22.2 Å². The van der Waals surface area contributed by atoms with Crippen molar-refractivity contribution >= 4 is 17.3 Å². The average Bonchev–Trinajstić information content (AvgIpc) is 3.50. The standard InChI is InChI=1S/C20H16F4N8O3/c1-10-19(32(34)35)11(2)31(27-10)9-29-4-3-16(28-29)20(33)26-12-6-25-30(7-12)8-13-14(21)5-15(22)18(24)17(13)23/h3-7H,8-9H2,1-2H3,(H,26,33). The van der Waals surface area contributed by atoms with Gasteiger partial charge in [0.25, 0.3) is 5.91 Å². The maximum Gasteiger partial charge on any atom is 0.312 e. The lowest BCUT2D eigenvalue weighted by Crippen LogP contribution is -2.15. The Morgan fingerprint density at radius 3 is 2.54 bits per heavy atom. The number of anilines is 1. The average molecular weight is 492 g/mol. The molecule has 35 heavy (non-hydrogen) atoms. The van der Waals surface area contributed by atoms with Crippen LogP contribution in [-0.4, -0.2) is 40.2 Å². The molecule has 0 radical (unpaired) electrons. The first-order valence-electron chi connectivity index (χ1n) is 9.92. The molecule has 1 amide bonds. The molecule has 0 aliphatic rings. The molecule has 0 atom stereocenters. The summed E-state index contributed by atoms with van der Waals surface area (Å²) in [6, 6.07) is 1.65. The summed E-state index contributed by atoms with van der Waals surface area (Å²) in [5.41, 5.74) is -0.0926. The minimum absolute atomic E-state index is 0.00600. The number of nitrogens with one attached hydrogen (secondary N) is 1. The lowest BCUT2D eigenvalue weighted by Gasteiger charge is -2.07. The molecule has 0 saturated heterocycles. The van der Waals surface area contributed by atoms with Crippen LogP contribution in [-0.2, 0) is 13.2 Å². The zero-order valence-electron chi connectivity index (χ0n) is 18.2. The van der Waals surface area contributed by atoms with Crippen molar-refractivity contribution < 1.29 is 27.3 Å². The second-order valence-corrected chi connectivity index (χ2v) is 7.49. The first-order chi connectivity index (χ1) is 16.5. The molecule has 0 unspecified atom stereocenters. The van der Waals surface area contributed by atoms with Crippen LogP contribution in [0, 0.1) is 47.2 Å². The summed E-state index contributed by atoms with van der Waals surface area (Å²) >= 11 is 0. The van der Waals surface area contributed by atoms with Gasteiger partial charge in [-0.2, -0.15) is 15.3 Å². The van der Waals surface area contributed by atoms with Crippen LogP contribution in [0.4, 0.5) is 28.9 Å². The number of benzene rings is 1. The van der Waals surface area contributed by atoms with Crippen LogP contribution >= 0.6 is 0 Å². The molecule has 3 aromatic heterocycles. The molecule has 11 nitrogen and oxygen atoms in total. The van der Waals surface area contributed by atoms with E-state index in [-0.39, 0.29) is 35.5 Å². The van der Waals surface area contributed by atoms with E-state index in [0.717, 1.165) is 4.68 Å². The normalized spacial score (nSPS) is 11.1. The molecule has 4 rings (SSSR count). The Morgan fingerprint density at radius 2 is 1.86 bits per heavy atom. The lowest BCUT2D eigenvalue weighted by molar-refractivity contribution is -0.386. The number of aromatic nitrogens is 6. The van der Waals surface area contributed by atoms with E-state index in [2.05, 4.69) is 20.6 Å². The molecule has 1 aromatic carbocycles. The fourth-order valence-corrected chi connectivity index (χ4v) is 3.41. The molecule has 0 spiro atoms. The number of rotatable bonds is 7. The van der Waals surface area contributed by atoms with Crippen LogP contribution in [0.3, 0.4) is 0 Å². The highest BCUT2D eigenvalue weighted by Crippen LogP contribution is 2.22. The first-order valence-corrected chi connectivity index (χ1v) is 9.92. The van der Waals surface area contributed by atoms with Gasteiger partial charge in [-0.3, -0.25) is 24.3 Å². The predicted molar refractivity (Wildman–Crippen MR) is 112 cm³/mol. The monoisotopic (exact) mass is 492 g/mol. The molecular formula is C20H16F4N8O3. The summed E-state index contributed by atoms with van der Waals surface area (Å²) in [5, 5.41) is 25.7. The highest BCUT2D eigenvalue weighted by molar-refractivity contribution is 6.02. The highest BCUT2D eigenvalue weighted by atomic mass is 19.2. The molecule has 0 saturated carbocycles. The molecule has 4 aromatic rings. The number of hydrogen-bond donors (Lipinski definition) is 1. The van der Waals surface area contributed by atoms with Crippen molar-refractivity contribution in [2.24, 2.45) is 0 Å². The van der Waals surface area contributed by atoms with Crippen molar-refractivity contribution in [3.63, 3.8) is 0 Å². The number of amides is 1. The summed E-state index contributed by atoms with van der Waals surface area (Å²) in [5.74, 6) is -7.02. The zero-order valence-corrected chi connectivity index (χ0v) is 18.2. The molecule has 3 heterocycles. The number of carbonyl (C=O) groups is 1. The van der Waals surface area contributed by atoms with E-state index in [1.54, 1.807) is 6.92 Å². The number of carbonyl (C=O) groups excluding carboxylic acids is 1. The Labute approximate surface area is 193 Å². The smallest absolute Gasteiger partial charge is 0.312 e. The van der Waals surface area contributed by atoms with Crippen LogP contribution in [0.2, 0.25) is 0 Å². The Hall–Kier alpha value is -4.56. The molecule has 182 valence electrons. The van der Waals surface area contributed by atoms with Gasteiger partial charge in [-0.1, -0.05) is 0 Å². The summed E-state index contributed by atoms with van der Waals surface area (Å²) < 4.78 is 58.0. The van der Waals surface area contributed by atoms with Crippen LogP contribution < -0.4 is 5.32 Å². The summed E-state index contributed by atoms with van der Waals surface area (Å²) in [6.45, 7) is 2.54. The Balaban J connectivity index is 1.44. The van der Waals surface area contributed by atoms with E-state index in [1.807, 2.05) is 0 Å². The molecule has 0 aliphatic heterocycles. The highest BCUT2D eigenvalue weighted by Gasteiger charge is 2.22. The molecule has 1 N–H and O–H groups in total. The van der Waals surface area contributed by atoms with Crippen molar-refractivity contribution in [3.8, 4) is 0 Å². The Morgan fingerprint density at radius 1 is 1.11 bits per heavy atom. The summed E-state index contributed by atoms with van der Waals surface area (Å²) in [7, 11) is 0. The molecule has 0 fully saturated rings. The van der Waals surface area contributed by atoms with E-state index in [9.17, 15) is 32.5 Å². The minimum atomic E-state index is -1.80. The molecular weight excluding hydrogens is 476 g/mol. The third-order valence-corrected chi connectivity index (χ3v) is 5.10. The van der Waals surface area contributed by atoms with Gasteiger partial charge in [0.15, 0.2) is 23.1 Å². The number of nitrogens with zero attached hydrogens (tertiary/aromatic N) is 7. The van der Waals surface area contributed by atoms with Crippen molar-refractivity contribution in [3.05, 3.63) is 86.8 Å². The first kappa shape index (κ1) is 23.6. The van der Waals surface area contributed by atoms with Crippen molar-refractivity contribution in [2.45, 2.75) is 27.1 Å². The van der Waals surface area contributed by atoms with Crippen LogP contribution in [0.5, 0.6) is 0 Å². The number of nitro groups is 1. The maximum atomic E-state index is 13.9. The largest absolute Gasteiger partial charge is 0.318 e. The van der Waals surface area contributed by atoms with Crippen LogP contribution in [0.25, 0.3) is 0 Å². The number of hydrogen-bond acceptors (Lipinski definition) is 6. The van der Waals surface area contributed by atoms with E-state index in [1.165, 1.54) is 40.9 Å². The third kappa shape index (κ3) is 4.60. The van der Waals surface area contributed by atoms with E-state index >= 15 is 0 Å². The van der Waals surface area contributed by atoms with E-state index in [0.29, 0.717) is 5.69 Å². The summed E-state index contributed by atoms with van der Waals surface area (Å²) in [4.78, 5) is 23.1. The predicted octanol–water partition coefficient (Wildman–Crippen LogP) is 3.16. The SMILES string of the molecule is Cc1nn(Cn2ccc(C(=O)Nc3cnn(Cc4c(F)cc(F)c(F)c4F)c3)n2)c(C)c1[N+](=O)[O-]. The fourth-order valence-electron chi connectivity index (χ4n) is 3.41. The van der Waals surface area contributed by atoms with Gasteiger partial charge in [0.2, 0.25) is 0 Å². The topological polar surface area (TPSA) is 126 Å². The summed E-state index contributed by atoms with van der Waals surface area (Å²) in [6.07, 6.45) is 3.92.